The SMILES string of the molecule is O=C(CCCc1ccccc1)OC1NCc2ccccc21. The molecule has 0 bridgehead atoms. The van der Waals surface area contributed by atoms with Crippen molar-refractivity contribution in [3.05, 3.63) is 71.3 Å². The zero-order valence-corrected chi connectivity index (χ0v) is 11.9. The van der Waals surface area contributed by atoms with Crippen LogP contribution in [-0.4, -0.2) is 5.97 Å². The van der Waals surface area contributed by atoms with E-state index in [0.717, 1.165) is 24.9 Å². The van der Waals surface area contributed by atoms with E-state index in [1.807, 2.05) is 36.4 Å². The molecule has 21 heavy (non-hydrogen) atoms. The zero-order valence-electron chi connectivity index (χ0n) is 11.9. The van der Waals surface area contributed by atoms with Crippen LogP contribution in [0.4, 0.5) is 0 Å². The van der Waals surface area contributed by atoms with Gasteiger partial charge in [-0.25, -0.2) is 0 Å². The highest BCUT2D eigenvalue weighted by Gasteiger charge is 2.24. The second-order valence-corrected chi connectivity index (χ2v) is 5.29. The number of carbonyl (C=O) groups is 1. The fraction of sp³-hybridized carbons (Fsp3) is 0.278. The standard InChI is InChI=1S/C18H19NO2/c20-17(12-6-9-14-7-2-1-3-8-14)21-18-16-11-5-4-10-15(16)13-19-18/h1-5,7-8,10-11,18-19H,6,9,12-13H2. The smallest absolute Gasteiger partial charge is 0.307 e. The van der Waals surface area contributed by atoms with E-state index in [0.29, 0.717) is 6.42 Å². The molecule has 0 saturated heterocycles. The number of nitrogens with one attached hydrogen (secondary N) is 1. The van der Waals surface area contributed by atoms with Gasteiger partial charge in [0.15, 0.2) is 6.23 Å². The number of hydrogen-bond donors (Lipinski definition) is 1. The van der Waals surface area contributed by atoms with Gasteiger partial charge in [0.2, 0.25) is 0 Å². The Morgan fingerprint density at radius 2 is 1.86 bits per heavy atom. The number of carbonyl (C=O) groups excluding carboxylic acids is 1. The molecule has 3 nitrogen and oxygen atoms in total. The lowest BCUT2D eigenvalue weighted by Crippen LogP contribution is -2.19. The van der Waals surface area contributed by atoms with E-state index in [1.165, 1.54) is 11.1 Å². The van der Waals surface area contributed by atoms with Crippen LogP contribution in [-0.2, 0) is 22.5 Å². The molecule has 0 aliphatic carbocycles. The first-order valence-electron chi connectivity index (χ1n) is 7.37. The van der Waals surface area contributed by atoms with Crippen LogP contribution >= 0.6 is 0 Å². The third-order valence-electron chi connectivity index (χ3n) is 3.75. The molecule has 0 spiro atoms. The Hall–Kier alpha value is -2.13. The minimum atomic E-state index is -0.287. The summed E-state index contributed by atoms with van der Waals surface area (Å²) in [4.78, 5) is 11.9. The minimum Gasteiger partial charge on any atom is -0.442 e. The van der Waals surface area contributed by atoms with E-state index in [1.54, 1.807) is 0 Å². The molecule has 0 fully saturated rings. The van der Waals surface area contributed by atoms with E-state index in [4.69, 9.17) is 4.74 Å². The van der Waals surface area contributed by atoms with Gasteiger partial charge in [0.05, 0.1) is 0 Å². The molecule has 108 valence electrons. The van der Waals surface area contributed by atoms with Crippen LogP contribution < -0.4 is 5.32 Å². The van der Waals surface area contributed by atoms with Crippen molar-refractivity contribution in [2.45, 2.75) is 32.0 Å². The number of fused-ring (bicyclic) bond motifs is 1. The van der Waals surface area contributed by atoms with Crippen molar-refractivity contribution in [3.63, 3.8) is 0 Å². The van der Waals surface area contributed by atoms with Gasteiger partial charge >= 0.3 is 5.97 Å². The summed E-state index contributed by atoms with van der Waals surface area (Å²) in [6, 6.07) is 18.3. The molecule has 0 saturated carbocycles. The molecule has 1 unspecified atom stereocenters. The number of ether oxygens (including phenoxy) is 1. The number of rotatable bonds is 5. The van der Waals surface area contributed by atoms with E-state index in [2.05, 4.69) is 23.5 Å². The molecule has 0 aromatic heterocycles. The summed E-state index contributed by atoms with van der Waals surface area (Å²) in [5, 5.41) is 3.22. The average molecular weight is 281 g/mol. The molecule has 1 atom stereocenters. The van der Waals surface area contributed by atoms with Gasteiger partial charge in [-0.2, -0.15) is 0 Å². The highest BCUT2D eigenvalue weighted by atomic mass is 16.6. The summed E-state index contributed by atoms with van der Waals surface area (Å²) < 4.78 is 5.53. The largest absolute Gasteiger partial charge is 0.442 e. The van der Waals surface area contributed by atoms with Crippen molar-refractivity contribution in [3.8, 4) is 0 Å². The highest BCUT2D eigenvalue weighted by molar-refractivity contribution is 5.69. The molecule has 1 heterocycles. The van der Waals surface area contributed by atoms with Crippen LogP contribution in [0, 0.1) is 0 Å². The Balaban J connectivity index is 1.47. The molecular formula is C18H19NO2. The van der Waals surface area contributed by atoms with Crippen molar-refractivity contribution in [2.24, 2.45) is 0 Å². The summed E-state index contributed by atoms with van der Waals surface area (Å²) >= 11 is 0. The number of esters is 1. The van der Waals surface area contributed by atoms with Gasteiger partial charge in [-0.1, -0.05) is 54.6 Å². The maximum absolute atomic E-state index is 11.9. The summed E-state index contributed by atoms with van der Waals surface area (Å²) in [5.74, 6) is -0.139. The molecular weight excluding hydrogens is 262 g/mol. The van der Waals surface area contributed by atoms with Crippen LogP contribution in [0.5, 0.6) is 0 Å². The van der Waals surface area contributed by atoms with Crippen molar-refractivity contribution in [1.29, 1.82) is 0 Å². The van der Waals surface area contributed by atoms with Crippen LogP contribution in [0.2, 0.25) is 0 Å². The molecule has 0 amide bonds. The normalized spacial score (nSPS) is 16.5. The first kappa shape index (κ1) is 13.8. The monoisotopic (exact) mass is 281 g/mol. The van der Waals surface area contributed by atoms with Crippen LogP contribution in [0.1, 0.15) is 35.8 Å². The van der Waals surface area contributed by atoms with Gasteiger partial charge < -0.3 is 4.74 Å². The summed E-state index contributed by atoms with van der Waals surface area (Å²) in [6.07, 6.45) is 1.89. The fourth-order valence-electron chi connectivity index (χ4n) is 2.64. The molecule has 1 N–H and O–H groups in total. The molecule has 3 rings (SSSR count). The van der Waals surface area contributed by atoms with E-state index in [9.17, 15) is 4.79 Å². The molecule has 2 aromatic carbocycles. The number of hydrogen-bond acceptors (Lipinski definition) is 3. The molecule has 1 aliphatic heterocycles. The van der Waals surface area contributed by atoms with Gasteiger partial charge in [-0.15, -0.1) is 0 Å². The number of aryl methyl sites for hydroxylation is 1. The van der Waals surface area contributed by atoms with Crippen LogP contribution in [0.15, 0.2) is 54.6 Å². The highest BCUT2D eigenvalue weighted by Crippen LogP contribution is 2.26. The van der Waals surface area contributed by atoms with Gasteiger partial charge in [0, 0.05) is 18.5 Å². The minimum absolute atomic E-state index is 0.139. The fourth-order valence-corrected chi connectivity index (χ4v) is 2.64. The van der Waals surface area contributed by atoms with Crippen molar-refractivity contribution < 1.29 is 9.53 Å². The van der Waals surface area contributed by atoms with Gasteiger partial charge in [0.1, 0.15) is 0 Å². The Kier molecular flexibility index (Phi) is 4.31. The van der Waals surface area contributed by atoms with Crippen molar-refractivity contribution in [1.82, 2.24) is 5.32 Å². The molecule has 1 aliphatic rings. The van der Waals surface area contributed by atoms with Gasteiger partial charge in [-0.05, 0) is 24.0 Å². The van der Waals surface area contributed by atoms with Gasteiger partial charge in [-0.3, -0.25) is 10.1 Å². The second kappa shape index (κ2) is 6.55. The Bertz CT molecular complexity index is 610. The first-order chi connectivity index (χ1) is 10.3. The summed E-state index contributed by atoms with van der Waals surface area (Å²) in [5.41, 5.74) is 3.54. The van der Waals surface area contributed by atoms with Crippen molar-refractivity contribution >= 4 is 5.97 Å². The van der Waals surface area contributed by atoms with Gasteiger partial charge in [0.25, 0.3) is 0 Å². The maximum Gasteiger partial charge on any atom is 0.307 e. The van der Waals surface area contributed by atoms with E-state index < -0.39 is 0 Å². The number of benzene rings is 2. The Morgan fingerprint density at radius 1 is 1.10 bits per heavy atom. The zero-order chi connectivity index (χ0) is 14.5. The van der Waals surface area contributed by atoms with E-state index in [-0.39, 0.29) is 12.2 Å². The Morgan fingerprint density at radius 3 is 2.71 bits per heavy atom. The predicted molar refractivity (Wildman–Crippen MR) is 81.5 cm³/mol. The Labute approximate surface area is 124 Å². The third-order valence-corrected chi connectivity index (χ3v) is 3.75. The average Bonchev–Trinajstić information content (AvgIpc) is 2.92. The topological polar surface area (TPSA) is 38.3 Å². The quantitative estimate of drug-likeness (QED) is 0.854. The van der Waals surface area contributed by atoms with E-state index >= 15 is 0 Å². The van der Waals surface area contributed by atoms with Crippen LogP contribution in [0.3, 0.4) is 0 Å². The van der Waals surface area contributed by atoms with Crippen molar-refractivity contribution in [2.75, 3.05) is 0 Å². The predicted octanol–water partition coefficient (Wildman–Crippen LogP) is 3.35. The van der Waals surface area contributed by atoms with Crippen LogP contribution in [0.25, 0.3) is 0 Å². The lowest BCUT2D eigenvalue weighted by Gasteiger charge is -2.13. The lowest BCUT2D eigenvalue weighted by molar-refractivity contribution is -0.150. The lowest BCUT2D eigenvalue weighted by atomic mass is 10.1. The molecule has 0 radical (unpaired) electrons. The summed E-state index contributed by atoms with van der Waals surface area (Å²) in [7, 11) is 0. The molecule has 2 aromatic rings. The second-order valence-electron chi connectivity index (χ2n) is 5.29. The third kappa shape index (κ3) is 3.50. The summed E-state index contributed by atoms with van der Waals surface area (Å²) in [6.45, 7) is 0.762. The molecule has 3 heteroatoms. The maximum atomic E-state index is 11.9. The first-order valence-corrected chi connectivity index (χ1v) is 7.37.